The minimum Gasteiger partial charge on any atom is -0.507 e. The number of phenolic OH excluding ortho intramolecular Hbond substituents is 2. The van der Waals surface area contributed by atoms with E-state index in [2.05, 4.69) is 0 Å². The molecule has 1 unspecified atom stereocenters. The summed E-state index contributed by atoms with van der Waals surface area (Å²) in [5.74, 6) is -2.86. The van der Waals surface area contributed by atoms with Crippen LogP contribution >= 0.6 is 0 Å². The number of aromatic hydroxyl groups is 2. The van der Waals surface area contributed by atoms with E-state index in [4.69, 9.17) is 4.74 Å². The first-order valence-corrected chi connectivity index (χ1v) is 9.11. The number of carbonyl (C=O) groups is 3. The van der Waals surface area contributed by atoms with Crippen LogP contribution in [-0.4, -0.2) is 40.0 Å². The summed E-state index contributed by atoms with van der Waals surface area (Å²) in [5.41, 5.74) is 0.427. The Morgan fingerprint density at radius 2 is 1.83 bits per heavy atom. The molecule has 29 heavy (non-hydrogen) atoms. The number of hydrogen-bond acceptors (Lipinski definition) is 7. The topological polar surface area (TPSA) is 121 Å². The number of carbonyl (C=O) groups excluding carboxylic acids is 3. The molecule has 2 aliphatic rings. The van der Waals surface area contributed by atoms with Crippen molar-refractivity contribution in [1.29, 1.82) is 0 Å². The Balaban J connectivity index is 2.07. The Hall–Kier alpha value is -3.45. The van der Waals surface area contributed by atoms with Crippen molar-refractivity contribution in [2.75, 3.05) is 7.11 Å². The van der Waals surface area contributed by atoms with Crippen molar-refractivity contribution in [2.45, 2.75) is 25.9 Å². The van der Waals surface area contributed by atoms with Gasteiger partial charge >= 0.3 is 5.97 Å². The first-order valence-electron chi connectivity index (χ1n) is 9.11. The molecule has 4 rings (SSSR count). The van der Waals surface area contributed by atoms with Crippen LogP contribution in [0.15, 0.2) is 29.8 Å². The SMILES string of the molecule is CCC1=C(C(=O)OC)c2cc3c(c(O)c2C(O)C1)C(=O)c1c(O)cccc1C3=O. The number of aliphatic hydroxyl groups is 1. The monoisotopic (exact) mass is 394 g/mol. The summed E-state index contributed by atoms with van der Waals surface area (Å²) < 4.78 is 4.87. The Labute approximate surface area is 165 Å². The second-order valence-electron chi connectivity index (χ2n) is 7.01. The third-order valence-corrected chi connectivity index (χ3v) is 5.54. The number of fused-ring (bicyclic) bond motifs is 3. The van der Waals surface area contributed by atoms with Crippen LogP contribution in [0.4, 0.5) is 0 Å². The molecule has 0 heterocycles. The van der Waals surface area contributed by atoms with Crippen LogP contribution in [0, 0.1) is 0 Å². The van der Waals surface area contributed by atoms with Gasteiger partial charge in [-0.1, -0.05) is 24.6 Å². The number of rotatable bonds is 2. The maximum atomic E-state index is 13.1. The van der Waals surface area contributed by atoms with Gasteiger partial charge in [-0.3, -0.25) is 9.59 Å². The van der Waals surface area contributed by atoms with E-state index in [1.807, 2.05) is 6.92 Å². The standard InChI is InChI=1S/C22H18O7/c1-3-9-7-14(24)17-11(15(9)22(28)29-2)8-12-18(21(17)27)20(26)16-10(19(12)25)5-4-6-13(16)23/h4-6,8,14,23-24,27H,3,7H2,1-2H3. The van der Waals surface area contributed by atoms with Crippen LogP contribution in [0.1, 0.15) is 68.8 Å². The van der Waals surface area contributed by atoms with Gasteiger partial charge in [-0.25, -0.2) is 4.79 Å². The van der Waals surface area contributed by atoms with Crippen LogP contribution in [0.25, 0.3) is 5.57 Å². The lowest BCUT2D eigenvalue weighted by molar-refractivity contribution is -0.133. The van der Waals surface area contributed by atoms with Gasteiger partial charge in [-0.05, 0) is 30.5 Å². The largest absolute Gasteiger partial charge is 0.507 e. The maximum absolute atomic E-state index is 13.1. The molecule has 0 spiro atoms. The van der Waals surface area contributed by atoms with Gasteiger partial charge in [-0.2, -0.15) is 0 Å². The van der Waals surface area contributed by atoms with E-state index in [1.165, 1.54) is 31.4 Å². The molecule has 0 saturated carbocycles. The van der Waals surface area contributed by atoms with E-state index in [1.54, 1.807) is 0 Å². The van der Waals surface area contributed by atoms with E-state index in [0.717, 1.165) is 0 Å². The zero-order valence-corrected chi connectivity index (χ0v) is 15.8. The fourth-order valence-electron chi connectivity index (χ4n) is 4.18. The van der Waals surface area contributed by atoms with Gasteiger partial charge in [-0.15, -0.1) is 0 Å². The Kier molecular flexibility index (Phi) is 4.28. The Morgan fingerprint density at radius 3 is 2.48 bits per heavy atom. The zero-order valence-electron chi connectivity index (χ0n) is 15.8. The first-order chi connectivity index (χ1) is 13.8. The molecule has 0 aromatic heterocycles. The van der Waals surface area contributed by atoms with E-state index in [-0.39, 0.29) is 51.1 Å². The van der Waals surface area contributed by atoms with Crippen molar-refractivity contribution in [2.24, 2.45) is 0 Å². The number of esters is 1. The molecule has 2 aromatic carbocycles. The second kappa shape index (κ2) is 6.56. The number of ketones is 2. The minimum absolute atomic E-state index is 0.00127. The van der Waals surface area contributed by atoms with Gasteiger partial charge in [0.25, 0.3) is 0 Å². The van der Waals surface area contributed by atoms with Crippen LogP contribution in [0.5, 0.6) is 11.5 Å². The van der Waals surface area contributed by atoms with Crippen molar-refractivity contribution in [3.05, 3.63) is 63.2 Å². The minimum atomic E-state index is -1.16. The van der Waals surface area contributed by atoms with E-state index in [9.17, 15) is 29.7 Å². The highest BCUT2D eigenvalue weighted by atomic mass is 16.5. The highest BCUT2D eigenvalue weighted by Crippen LogP contribution is 2.48. The normalized spacial score (nSPS) is 17.6. The fourth-order valence-corrected chi connectivity index (χ4v) is 4.18. The maximum Gasteiger partial charge on any atom is 0.338 e. The second-order valence-corrected chi connectivity index (χ2v) is 7.01. The molecule has 0 saturated heterocycles. The van der Waals surface area contributed by atoms with Crippen LogP contribution < -0.4 is 0 Å². The summed E-state index contributed by atoms with van der Waals surface area (Å²) in [7, 11) is 1.22. The molecule has 0 bridgehead atoms. The number of ether oxygens (including phenoxy) is 1. The predicted molar refractivity (Wildman–Crippen MR) is 102 cm³/mol. The van der Waals surface area contributed by atoms with E-state index >= 15 is 0 Å². The van der Waals surface area contributed by atoms with Gasteiger partial charge in [0, 0.05) is 16.7 Å². The lowest BCUT2D eigenvalue weighted by atomic mass is 9.75. The summed E-state index contributed by atoms with van der Waals surface area (Å²) in [5, 5.41) is 31.6. The van der Waals surface area contributed by atoms with Crippen molar-refractivity contribution in [3.63, 3.8) is 0 Å². The molecule has 0 aliphatic heterocycles. The fraction of sp³-hybridized carbons (Fsp3) is 0.227. The highest BCUT2D eigenvalue weighted by molar-refractivity contribution is 6.31. The van der Waals surface area contributed by atoms with Crippen molar-refractivity contribution in [1.82, 2.24) is 0 Å². The molecule has 0 amide bonds. The Bertz CT molecular complexity index is 1140. The lowest BCUT2D eigenvalue weighted by Gasteiger charge is -2.29. The smallest absolute Gasteiger partial charge is 0.338 e. The van der Waals surface area contributed by atoms with Crippen molar-refractivity contribution < 1.29 is 34.4 Å². The summed E-state index contributed by atoms with van der Waals surface area (Å²) in [4.78, 5) is 38.5. The highest BCUT2D eigenvalue weighted by Gasteiger charge is 2.40. The molecular formula is C22H18O7. The summed E-state index contributed by atoms with van der Waals surface area (Å²) in [6.45, 7) is 1.82. The molecule has 148 valence electrons. The average Bonchev–Trinajstić information content (AvgIpc) is 2.70. The van der Waals surface area contributed by atoms with Gasteiger partial charge in [0.05, 0.1) is 29.9 Å². The predicted octanol–water partition coefficient (Wildman–Crippen LogP) is 2.65. The number of hydrogen-bond donors (Lipinski definition) is 3. The van der Waals surface area contributed by atoms with E-state index < -0.39 is 29.4 Å². The molecular weight excluding hydrogens is 376 g/mol. The third-order valence-electron chi connectivity index (χ3n) is 5.54. The number of phenols is 2. The number of aliphatic hydroxyl groups excluding tert-OH is 1. The van der Waals surface area contributed by atoms with Crippen molar-refractivity contribution in [3.8, 4) is 11.5 Å². The van der Waals surface area contributed by atoms with Gasteiger partial charge in [0.2, 0.25) is 5.78 Å². The molecule has 1 atom stereocenters. The van der Waals surface area contributed by atoms with Crippen LogP contribution in [-0.2, 0) is 9.53 Å². The number of methoxy groups -OCH3 is 1. The zero-order chi connectivity index (χ0) is 21.0. The van der Waals surface area contributed by atoms with Gasteiger partial charge in [0.1, 0.15) is 11.5 Å². The van der Waals surface area contributed by atoms with Gasteiger partial charge in [0.15, 0.2) is 5.78 Å². The molecule has 0 fully saturated rings. The third kappa shape index (κ3) is 2.51. The van der Waals surface area contributed by atoms with E-state index in [0.29, 0.717) is 12.0 Å². The van der Waals surface area contributed by atoms with Crippen molar-refractivity contribution >= 4 is 23.1 Å². The summed E-state index contributed by atoms with van der Waals surface area (Å²) >= 11 is 0. The Morgan fingerprint density at radius 1 is 1.10 bits per heavy atom. The first kappa shape index (κ1) is 18.9. The molecule has 2 aromatic rings. The lowest BCUT2D eigenvalue weighted by Crippen LogP contribution is -2.25. The molecule has 0 radical (unpaired) electrons. The molecule has 2 aliphatic carbocycles. The summed E-state index contributed by atoms with van der Waals surface area (Å²) in [6, 6.07) is 5.49. The van der Waals surface area contributed by atoms with Crippen LogP contribution in [0.3, 0.4) is 0 Å². The van der Waals surface area contributed by atoms with Gasteiger partial charge < -0.3 is 20.1 Å². The molecule has 3 N–H and O–H groups in total. The molecule has 7 heteroatoms. The molecule has 7 nitrogen and oxygen atoms in total. The summed E-state index contributed by atoms with van der Waals surface area (Å²) in [6.07, 6.45) is -0.612. The average molecular weight is 394 g/mol. The van der Waals surface area contributed by atoms with Crippen LogP contribution in [0.2, 0.25) is 0 Å². The quantitative estimate of drug-likeness (QED) is 0.571. The number of benzene rings is 2.